The lowest BCUT2D eigenvalue weighted by Crippen LogP contribution is -2.42. The predicted molar refractivity (Wildman–Crippen MR) is 72.4 cm³/mol. The van der Waals surface area contributed by atoms with Gasteiger partial charge in [-0.3, -0.25) is 9.89 Å². The molecule has 1 fully saturated rings. The van der Waals surface area contributed by atoms with Gasteiger partial charge in [-0.05, 0) is 25.3 Å². The Morgan fingerprint density at radius 3 is 3.05 bits per heavy atom. The average Bonchev–Trinajstić information content (AvgIpc) is 3.09. The quantitative estimate of drug-likeness (QED) is 0.780. The maximum Gasteiger partial charge on any atom is 0.229 e. The molecule has 1 aromatic heterocycles. The van der Waals surface area contributed by atoms with E-state index < -0.39 is 0 Å². The number of nitrogens with zero attached hydrogens (tertiary/aromatic N) is 2. The summed E-state index contributed by atoms with van der Waals surface area (Å²) in [7, 11) is 0. The molecule has 0 radical (unpaired) electrons. The first-order valence-corrected chi connectivity index (χ1v) is 6.96. The Hall–Kier alpha value is -1.62. The number of H-pyrrole nitrogens is 1. The van der Waals surface area contributed by atoms with Crippen molar-refractivity contribution in [1.82, 2.24) is 15.1 Å². The van der Waals surface area contributed by atoms with Crippen LogP contribution >= 0.6 is 0 Å². The van der Waals surface area contributed by atoms with E-state index in [1.807, 2.05) is 23.1 Å². The summed E-state index contributed by atoms with van der Waals surface area (Å²) in [6.45, 7) is 1.66. The summed E-state index contributed by atoms with van der Waals surface area (Å²) in [6.07, 6.45) is 8.61. The van der Waals surface area contributed by atoms with Crippen molar-refractivity contribution in [3.8, 4) is 0 Å². The van der Waals surface area contributed by atoms with Gasteiger partial charge in [0.2, 0.25) is 5.91 Å². The fourth-order valence-electron chi connectivity index (χ4n) is 3.07. The number of aromatic nitrogens is 2. The standard InChI is InChI=1S/C14H20N4O/c15-12-4-3-10(8-12)14(19)18-7-1-2-11(9-18)13-5-6-16-17-13/h3-6,10-12H,1-2,7-9,15H2,(H,16,17). The minimum absolute atomic E-state index is 0.0180. The van der Waals surface area contributed by atoms with E-state index in [0.29, 0.717) is 5.92 Å². The molecule has 1 aliphatic carbocycles. The molecular formula is C14H20N4O. The molecule has 5 heteroatoms. The molecule has 3 N–H and O–H groups in total. The topological polar surface area (TPSA) is 75.0 Å². The van der Waals surface area contributed by atoms with Crippen LogP contribution < -0.4 is 5.73 Å². The normalized spacial score (nSPS) is 30.8. The lowest BCUT2D eigenvalue weighted by atomic mass is 9.93. The van der Waals surface area contributed by atoms with Crippen molar-refractivity contribution >= 4 is 5.91 Å². The molecule has 3 unspecified atom stereocenters. The van der Waals surface area contributed by atoms with Crippen molar-refractivity contribution < 1.29 is 4.79 Å². The van der Waals surface area contributed by atoms with E-state index in [0.717, 1.165) is 38.0 Å². The zero-order valence-electron chi connectivity index (χ0n) is 11.0. The fourth-order valence-corrected chi connectivity index (χ4v) is 3.07. The first-order chi connectivity index (χ1) is 9.24. The molecule has 0 saturated carbocycles. The summed E-state index contributed by atoms with van der Waals surface area (Å²) in [5.74, 6) is 0.600. The van der Waals surface area contributed by atoms with Crippen LogP contribution in [-0.4, -0.2) is 40.1 Å². The Bertz CT molecular complexity index is 468. The highest BCUT2D eigenvalue weighted by Gasteiger charge is 2.31. The van der Waals surface area contributed by atoms with Crippen molar-refractivity contribution in [2.75, 3.05) is 13.1 Å². The number of nitrogens with two attached hydrogens (primary N) is 1. The van der Waals surface area contributed by atoms with Gasteiger partial charge in [0.15, 0.2) is 0 Å². The van der Waals surface area contributed by atoms with E-state index in [4.69, 9.17) is 5.73 Å². The van der Waals surface area contributed by atoms with Crippen molar-refractivity contribution in [2.24, 2.45) is 11.7 Å². The number of piperidine rings is 1. The van der Waals surface area contributed by atoms with E-state index in [-0.39, 0.29) is 17.9 Å². The number of rotatable bonds is 2. The summed E-state index contributed by atoms with van der Waals surface area (Å²) in [5.41, 5.74) is 6.96. The van der Waals surface area contributed by atoms with Crippen molar-refractivity contribution in [1.29, 1.82) is 0 Å². The van der Waals surface area contributed by atoms with Crippen LogP contribution in [0.2, 0.25) is 0 Å². The van der Waals surface area contributed by atoms with Gasteiger partial charge in [0.05, 0.1) is 5.92 Å². The maximum atomic E-state index is 12.5. The Balaban J connectivity index is 1.65. The van der Waals surface area contributed by atoms with Crippen LogP contribution in [0.4, 0.5) is 0 Å². The van der Waals surface area contributed by atoms with Crippen LogP contribution in [0.15, 0.2) is 24.4 Å². The number of hydrogen-bond acceptors (Lipinski definition) is 3. The maximum absolute atomic E-state index is 12.5. The molecule has 1 saturated heterocycles. The van der Waals surface area contributed by atoms with Gasteiger partial charge in [-0.2, -0.15) is 5.10 Å². The second kappa shape index (κ2) is 5.17. The molecule has 1 aliphatic heterocycles. The number of likely N-dealkylation sites (tertiary alicyclic amines) is 1. The van der Waals surface area contributed by atoms with E-state index >= 15 is 0 Å². The minimum atomic E-state index is -0.0180. The highest BCUT2D eigenvalue weighted by Crippen LogP contribution is 2.28. The lowest BCUT2D eigenvalue weighted by molar-refractivity contribution is -0.135. The van der Waals surface area contributed by atoms with Gasteiger partial charge in [0, 0.05) is 36.9 Å². The Morgan fingerprint density at radius 1 is 1.47 bits per heavy atom. The van der Waals surface area contributed by atoms with Crippen molar-refractivity contribution in [3.05, 3.63) is 30.1 Å². The van der Waals surface area contributed by atoms with Gasteiger partial charge in [-0.25, -0.2) is 0 Å². The Morgan fingerprint density at radius 2 is 2.37 bits per heavy atom. The Labute approximate surface area is 112 Å². The van der Waals surface area contributed by atoms with E-state index in [9.17, 15) is 4.79 Å². The zero-order chi connectivity index (χ0) is 13.2. The molecule has 1 aromatic rings. The van der Waals surface area contributed by atoms with Gasteiger partial charge in [0.1, 0.15) is 0 Å². The number of nitrogens with one attached hydrogen (secondary N) is 1. The van der Waals surface area contributed by atoms with Gasteiger partial charge in [-0.1, -0.05) is 12.2 Å². The zero-order valence-corrected chi connectivity index (χ0v) is 11.0. The summed E-state index contributed by atoms with van der Waals surface area (Å²) in [6, 6.07) is 2.05. The SMILES string of the molecule is NC1C=CC(C(=O)N2CCCC(c3ccn[nH]3)C2)C1. The number of carbonyl (C=O) groups is 1. The van der Waals surface area contributed by atoms with Crippen LogP contribution in [0.5, 0.6) is 0 Å². The smallest absolute Gasteiger partial charge is 0.229 e. The highest BCUT2D eigenvalue weighted by molar-refractivity contribution is 5.81. The second-order valence-corrected chi connectivity index (χ2v) is 5.53. The molecule has 0 bridgehead atoms. The van der Waals surface area contributed by atoms with E-state index in [1.165, 1.54) is 0 Å². The van der Waals surface area contributed by atoms with Gasteiger partial charge < -0.3 is 10.6 Å². The van der Waals surface area contributed by atoms with Gasteiger partial charge >= 0.3 is 0 Å². The van der Waals surface area contributed by atoms with Crippen LogP contribution in [0.25, 0.3) is 0 Å². The van der Waals surface area contributed by atoms with Gasteiger partial charge in [0.25, 0.3) is 0 Å². The highest BCUT2D eigenvalue weighted by atomic mass is 16.2. The number of aromatic amines is 1. The molecule has 5 nitrogen and oxygen atoms in total. The molecule has 0 spiro atoms. The second-order valence-electron chi connectivity index (χ2n) is 5.53. The summed E-state index contributed by atoms with van der Waals surface area (Å²) in [4.78, 5) is 14.4. The monoisotopic (exact) mass is 260 g/mol. The summed E-state index contributed by atoms with van der Waals surface area (Å²) < 4.78 is 0. The largest absolute Gasteiger partial charge is 0.342 e. The summed E-state index contributed by atoms with van der Waals surface area (Å²) >= 11 is 0. The van der Waals surface area contributed by atoms with Crippen LogP contribution in [0.1, 0.15) is 30.9 Å². The molecule has 1 amide bonds. The molecule has 19 heavy (non-hydrogen) atoms. The van der Waals surface area contributed by atoms with Gasteiger partial charge in [-0.15, -0.1) is 0 Å². The predicted octanol–water partition coefficient (Wildman–Crippen LogP) is 1.02. The van der Waals surface area contributed by atoms with Crippen LogP contribution in [0, 0.1) is 5.92 Å². The minimum Gasteiger partial charge on any atom is -0.342 e. The summed E-state index contributed by atoms with van der Waals surface area (Å²) in [5, 5.41) is 7.02. The average molecular weight is 260 g/mol. The molecular weight excluding hydrogens is 240 g/mol. The van der Waals surface area contributed by atoms with Crippen molar-refractivity contribution in [2.45, 2.75) is 31.2 Å². The number of amides is 1. The number of hydrogen-bond donors (Lipinski definition) is 2. The lowest BCUT2D eigenvalue weighted by Gasteiger charge is -2.33. The first kappa shape index (κ1) is 12.4. The molecule has 2 aliphatic rings. The van der Waals surface area contributed by atoms with Crippen LogP contribution in [-0.2, 0) is 4.79 Å². The molecule has 2 heterocycles. The van der Waals surface area contributed by atoms with Crippen LogP contribution in [0.3, 0.4) is 0 Å². The van der Waals surface area contributed by atoms with E-state index in [1.54, 1.807) is 6.20 Å². The fraction of sp³-hybridized carbons (Fsp3) is 0.571. The third-order valence-corrected chi connectivity index (χ3v) is 4.13. The number of carbonyl (C=O) groups excluding carboxylic acids is 1. The first-order valence-electron chi connectivity index (χ1n) is 6.96. The van der Waals surface area contributed by atoms with E-state index in [2.05, 4.69) is 10.2 Å². The molecule has 0 aromatic carbocycles. The Kier molecular flexibility index (Phi) is 3.38. The third-order valence-electron chi connectivity index (χ3n) is 4.13. The molecule has 102 valence electrons. The molecule has 3 atom stereocenters. The molecule has 3 rings (SSSR count). The third kappa shape index (κ3) is 2.56. The van der Waals surface area contributed by atoms with Crippen molar-refractivity contribution in [3.63, 3.8) is 0 Å².